The van der Waals surface area contributed by atoms with Crippen molar-refractivity contribution in [2.75, 3.05) is 13.7 Å². The second-order valence-electron chi connectivity index (χ2n) is 3.62. The smallest absolute Gasteiger partial charge is 0.170 e. The Morgan fingerprint density at radius 3 is 2.31 bits per heavy atom. The van der Waals surface area contributed by atoms with E-state index in [9.17, 15) is 9.59 Å². The van der Waals surface area contributed by atoms with Gasteiger partial charge < -0.3 is 4.74 Å². The van der Waals surface area contributed by atoms with Gasteiger partial charge in [-0.05, 0) is 12.0 Å². The quantitative estimate of drug-likeness (QED) is 0.544. The van der Waals surface area contributed by atoms with Crippen molar-refractivity contribution in [1.29, 1.82) is 0 Å². The van der Waals surface area contributed by atoms with E-state index in [1.165, 1.54) is 12.7 Å². The number of rotatable bonds is 6. The van der Waals surface area contributed by atoms with Crippen LogP contribution in [0.1, 0.15) is 29.3 Å². The Kier molecular flexibility index (Phi) is 4.86. The number of carbonyl (C=O) groups is 2. The third-order valence-electron chi connectivity index (χ3n) is 2.35. The van der Waals surface area contributed by atoms with Crippen LogP contribution in [0.4, 0.5) is 0 Å². The molecule has 0 aliphatic heterocycles. The van der Waals surface area contributed by atoms with Crippen molar-refractivity contribution in [1.82, 2.24) is 0 Å². The van der Waals surface area contributed by atoms with Crippen LogP contribution in [0, 0.1) is 0 Å². The maximum Gasteiger partial charge on any atom is 0.170 e. The highest BCUT2D eigenvalue weighted by Crippen LogP contribution is 2.07. The fourth-order valence-corrected chi connectivity index (χ4v) is 1.42. The third-order valence-corrected chi connectivity index (χ3v) is 2.35. The van der Waals surface area contributed by atoms with Crippen molar-refractivity contribution >= 4 is 11.6 Å². The molecule has 0 radical (unpaired) electrons. The van der Waals surface area contributed by atoms with Gasteiger partial charge in [0.1, 0.15) is 6.61 Å². The Balaban J connectivity index is 2.62. The second kappa shape index (κ2) is 6.18. The Hall–Kier alpha value is -1.48. The van der Waals surface area contributed by atoms with E-state index in [0.717, 1.165) is 6.42 Å². The van der Waals surface area contributed by atoms with Crippen molar-refractivity contribution in [3.05, 3.63) is 35.4 Å². The molecule has 0 atom stereocenters. The zero-order valence-corrected chi connectivity index (χ0v) is 9.66. The number of Topliss-reactive ketones (excluding diaryl/α,β-unsaturated/α-hetero) is 2. The first-order chi connectivity index (χ1) is 7.67. The summed E-state index contributed by atoms with van der Waals surface area (Å²) in [5.41, 5.74) is 1.77. The molecule has 0 aliphatic rings. The van der Waals surface area contributed by atoms with Gasteiger partial charge in [0, 0.05) is 12.7 Å². The summed E-state index contributed by atoms with van der Waals surface area (Å²) >= 11 is 0. The average Bonchev–Trinajstić information content (AvgIpc) is 2.29. The lowest BCUT2D eigenvalue weighted by Gasteiger charge is -2.01. The molecule has 1 rings (SSSR count). The van der Waals surface area contributed by atoms with E-state index in [-0.39, 0.29) is 24.6 Å². The molecule has 0 spiro atoms. The average molecular weight is 220 g/mol. The van der Waals surface area contributed by atoms with E-state index in [1.54, 1.807) is 12.1 Å². The molecule has 86 valence electrons. The molecular formula is C13H16O3. The molecule has 0 heterocycles. The third kappa shape index (κ3) is 3.59. The number of methoxy groups -OCH3 is 1. The van der Waals surface area contributed by atoms with Crippen LogP contribution in [0.25, 0.3) is 0 Å². The molecule has 3 nitrogen and oxygen atoms in total. The SMILES string of the molecule is CCc1ccc(C(=O)CC(=O)COC)cc1. The molecule has 3 heteroatoms. The largest absolute Gasteiger partial charge is 0.377 e. The highest BCUT2D eigenvalue weighted by atomic mass is 16.5. The summed E-state index contributed by atoms with van der Waals surface area (Å²) in [4.78, 5) is 22.9. The van der Waals surface area contributed by atoms with Crippen molar-refractivity contribution in [3.63, 3.8) is 0 Å². The first-order valence-corrected chi connectivity index (χ1v) is 5.30. The standard InChI is InChI=1S/C13H16O3/c1-3-10-4-6-11(7-5-10)13(15)8-12(14)9-16-2/h4-7H,3,8-9H2,1-2H3. The van der Waals surface area contributed by atoms with E-state index >= 15 is 0 Å². The molecule has 1 aromatic rings. The Labute approximate surface area is 95.4 Å². The molecule has 0 bridgehead atoms. The zero-order chi connectivity index (χ0) is 12.0. The zero-order valence-electron chi connectivity index (χ0n) is 9.66. The van der Waals surface area contributed by atoms with Crippen LogP contribution in [0.3, 0.4) is 0 Å². The molecule has 0 saturated heterocycles. The summed E-state index contributed by atoms with van der Waals surface area (Å²) in [5.74, 6) is -0.336. The lowest BCUT2D eigenvalue weighted by atomic mass is 10.0. The summed E-state index contributed by atoms with van der Waals surface area (Å²) in [5, 5.41) is 0. The van der Waals surface area contributed by atoms with Crippen molar-refractivity contribution in [2.45, 2.75) is 19.8 Å². The number of carbonyl (C=O) groups excluding carboxylic acids is 2. The molecule has 1 aromatic carbocycles. The summed E-state index contributed by atoms with van der Waals surface area (Å²) in [6.07, 6.45) is 0.858. The number of aryl methyl sites for hydroxylation is 1. The number of hydrogen-bond acceptors (Lipinski definition) is 3. The van der Waals surface area contributed by atoms with E-state index in [1.807, 2.05) is 12.1 Å². The van der Waals surface area contributed by atoms with Crippen molar-refractivity contribution in [3.8, 4) is 0 Å². The summed E-state index contributed by atoms with van der Waals surface area (Å²) in [7, 11) is 1.44. The van der Waals surface area contributed by atoms with Gasteiger partial charge in [0.05, 0.1) is 6.42 Å². The van der Waals surface area contributed by atoms with E-state index < -0.39 is 0 Å². The number of ether oxygens (including phenoxy) is 1. The number of hydrogen-bond donors (Lipinski definition) is 0. The van der Waals surface area contributed by atoms with Gasteiger partial charge in [0.15, 0.2) is 11.6 Å². The van der Waals surface area contributed by atoms with E-state index in [0.29, 0.717) is 5.56 Å². The Bertz CT molecular complexity index is 365. The Morgan fingerprint density at radius 1 is 1.19 bits per heavy atom. The minimum atomic E-state index is -0.188. The summed E-state index contributed by atoms with van der Waals surface area (Å²) in [6, 6.07) is 7.35. The summed E-state index contributed by atoms with van der Waals surface area (Å²) in [6.45, 7) is 2.05. The molecule has 16 heavy (non-hydrogen) atoms. The second-order valence-corrected chi connectivity index (χ2v) is 3.62. The fraction of sp³-hybridized carbons (Fsp3) is 0.385. The van der Waals surface area contributed by atoms with Gasteiger partial charge in [-0.15, -0.1) is 0 Å². The van der Waals surface area contributed by atoms with Crippen LogP contribution in [0.15, 0.2) is 24.3 Å². The predicted molar refractivity (Wildman–Crippen MR) is 61.7 cm³/mol. The highest BCUT2D eigenvalue weighted by Gasteiger charge is 2.11. The number of benzene rings is 1. The first kappa shape index (κ1) is 12.6. The van der Waals surface area contributed by atoms with Crippen molar-refractivity contribution < 1.29 is 14.3 Å². The van der Waals surface area contributed by atoms with Gasteiger partial charge in [0.2, 0.25) is 0 Å². The van der Waals surface area contributed by atoms with Crippen LogP contribution >= 0.6 is 0 Å². The fourth-order valence-electron chi connectivity index (χ4n) is 1.42. The molecule has 0 amide bonds. The van der Waals surface area contributed by atoms with Gasteiger partial charge in [0.25, 0.3) is 0 Å². The lowest BCUT2D eigenvalue weighted by molar-refractivity contribution is -0.121. The van der Waals surface area contributed by atoms with E-state index in [2.05, 4.69) is 11.7 Å². The maximum atomic E-state index is 11.7. The highest BCUT2D eigenvalue weighted by molar-refractivity contribution is 6.08. The van der Waals surface area contributed by atoms with Gasteiger partial charge in [-0.3, -0.25) is 9.59 Å². The van der Waals surface area contributed by atoms with Gasteiger partial charge in [-0.2, -0.15) is 0 Å². The summed E-state index contributed by atoms with van der Waals surface area (Å²) < 4.78 is 4.68. The Morgan fingerprint density at radius 2 is 1.81 bits per heavy atom. The molecule has 0 fully saturated rings. The predicted octanol–water partition coefficient (Wildman–Crippen LogP) is 2.04. The lowest BCUT2D eigenvalue weighted by Crippen LogP contribution is -2.12. The van der Waals surface area contributed by atoms with Gasteiger partial charge in [-0.1, -0.05) is 31.2 Å². The molecular weight excluding hydrogens is 204 g/mol. The maximum absolute atomic E-state index is 11.7. The monoisotopic (exact) mass is 220 g/mol. The molecule has 0 unspecified atom stereocenters. The normalized spacial score (nSPS) is 10.1. The molecule has 0 saturated carbocycles. The number of ketones is 2. The van der Waals surface area contributed by atoms with Gasteiger partial charge >= 0.3 is 0 Å². The molecule has 0 N–H and O–H groups in total. The molecule has 0 aliphatic carbocycles. The minimum absolute atomic E-state index is 0.00121. The first-order valence-electron chi connectivity index (χ1n) is 5.30. The van der Waals surface area contributed by atoms with Crippen LogP contribution < -0.4 is 0 Å². The van der Waals surface area contributed by atoms with Crippen molar-refractivity contribution in [2.24, 2.45) is 0 Å². The topological polar surface area (TPSA) is 43.4 Å². The van der Waals surface area contributed by atoms with Gasteiger partial charge in [-0.25, -0.2) is 0 Å². The van der Waals surface area contributed by atoms with Crippen LogP contribution in [0.5, 0.6) is 0 Å². The minimum Gasteiger partial charge on any atom is -0.377 e. The van der Waals surface area contributed by atoms with Crippen LogP contribution in [0.2, 0.25) is 0 Å². The molecule has 0 aromatic heterocycles. The van der Waals surface area contributed by atoms with E-state index in [4.69, 9.17) is 0 Å². The van der Waals surface area contributed by atoms with Crippen LogP contribution in [-0.2, 0) is 16.0 Å². The van der Waals surface area contributed by atoms with Crippen LogP contribution in [-0.4, -0.2) is 25.3 Å².